The molecule has 3 rings (SSSR count). The van der Waals surface area contributed by atoms with Crippen molar-refractivity contribution in [1.82, 2.24) is 10.2 Å². The van der Waals surface area contributed by atoms with E-state index in [9.17, 15) is 4.79 Å². The Kier molecular flexibility index (Phi) is 5.95. The molecule has 1 aliphatic rings. The summed E-state index contributed by atoms with van der Waals surface area (Å²) < 4.78 is 0. The van der Waals surface area contributed by atoms with Crippen LogP contribution in [0.4, 0.5) is 10.5 Å². The highest BCUT2D eigenvalue weighted by atomic mass is 35.5. The highest BCUT2D eigenvalue weighted by Gasteiger charge is 2.13. The van der Waals surface area contributed by atoms with Crippen LogP contribution in [0.5, 0.6) is 0 Å². The molecule has 5 heteroatoms. The van der Waals surface area contributed by atoms with Gasteiger partial charge in [-0.1, -0.05) is 53.8 Å². The van der Waals surface area contributed by atoms with Crippen molar-refractivity contribution in [2.45, 2.75) is 13.0 Å². The number of nitrogens with zero attached hydrogens (tertiary/aromatic N) is 1. The second-order valence-corrected chi connectivity index (χ2v) is 6.34. The number of hydrogen-bond acceptors (Lipinski definition) is 2. The number of hydrogen-bond donors (Lipinski definition) is 2. The second kappa shape index (κ2) is 8.57. The molecule has 0 aliphatic carbocycles. The molecule has 0 aromatic heterocycles. The zero-order valence-electron chi connectivity index (χ0n) is 13.9. The molecule has 2 N–H and O–H groups in total. The minimum absolute atomic E-state index is 0.288. The van der Waals surface area contributed by atoms with E-state index in [-0.39, 0.29) is 6.03 Å². The quantitative estimate of drug-likeness (QED) is 0.829. The van der Waals surface area contributed by atoms with Crippen LogP contribution in [-0.4, -0.2) is 30.6 Å². The number of halogens is 1. The molecule has 0 radical (unpaired) electrons. The van der Waals surface area contributed by atoms with Gasteiger partial charge in [-0.05, 0) is 35.7 Å². The Morgan fingerprint density at radius 2 is 1.96 bits per heavy atom. The van der Waals surface area contributed by atoms with Gasteiger partial charge in [-0.25, -0.2) is 4.79 Å². The van der Waals surface area contributed by atoms with E-state index in [4.69, 9.17) is 11.6 Å². The third kappa shape index (κ3) is 5.25. The molecule has 25 heavy (non-hydrogen) atoms. The first-order chi connectivity index (χ1) is 12.2. The van der Waals surface area contributed by atoms with Crippen LogP contribution in [0.1, 0.15) is 11.1 Å². The van der Waals surface area contributed by atoms with Crippen LogP contribution in [0, 0.1) is 11.8 Å². The molecule has 128 valence electrons. The van der Waals surface area contributed by atoms with E-state index in [1.165, 1.54) is 11.1 Å². The summed E-state index contributed by atoms with van der Waals surface area (Å²) in [5.41, 5.74) is 3.48. The number of fused-ring (bicyclic) bond motifs is 1. The highest BCUT2D eigenvalue weighted by Crippen LogP contribution is 2.17. The lowest BCUT2D eigenvalue weighted by atomic mass is 10.0. The molecule has 2 amide bonds. The Balaban J connectivity index is 1.39. The Bertz CT molecular complexity index is 810. The van der Waals surface area contributed by atoms with Gasteiger partial charge in [0.15, 0.2) is 0 Å². The molecule has 0 saturated carbocycles. The molecular weight excluding hydrogens is 334 g/mol. The molecule has 0 fully saturated rings. The van der Waals surface area contributed by atoms with Crippen molar-refractivity contribution in [2.24, 2.45) is 0 Å². The van der Waals surface area contributed by atoms with E-state index in [0.29, 0.717) is 23.8 Å². The summed E-state index contributed by atoms with van der Waals surface area (Å²) in [6.07, 6.45) is 1.07. The van der Waals surface area contributed by atoms with E-state index in [1.807, 2.05) is 0 Å². The lowest BCUT2D eigenvalue weighted by Crippen LogP contribution is -2.31. The largest absolute Gasteiger partial charge is 0.327 e. The summed E-state index contributed by atoms with van der Waals surface area (Å²) in [6, 6.07) is 15.3. The van der Waals surface area contributed by atoms with Crippen molar-refractivity contribution in [3.63, 3.8) is 0 Å². The van der Waals surface area contributed by atoms with E-state index < -0.39 is 0 Å². The van der Waals surface area contributed by atoms with Crippen LogP contribution < -0.4 is 10.6 Å². The van der Waals surface area contributed by atoms with Crippen LogP contribution >= 0.6 is 11.6 Å². The van der Waals surface area contributed by atoms with Gasteiger partial charge < -0.3 is 10.6 Å². The van der Waals surface area contributed by atoms with Gasteiger partial charge in [-0.15, -0.1) is 0 Å². The monoisotopic (exact) mass is 353 g/mol. The first-order valence-corrected chi connectivity index (χ1v) is 8.64. The minimum Gasteiger partial charge on any atom is -0.327 e. The number of amides is 2. The molecule has 2 aromatic carbocycles. The van der Waals surface area contributed by atoms with E-state index in [1.54, 1.807) is 24.3 Å². The maximum atomic E-state index is 11.8. The van der Waals surface area contributed by atoms with Crippen molar-refractivity contribution in [2.75, 3.05) is 25.0 Å². The third-order valence-corrected chi connectivity index (χ3v) is 4.29. The standard InChI is InChI=1S/C20H20ClN3O/c21-18-8-5-9-19(14-18)23-20(25)22-11-3-4-12-24-13-10-16-6-1-2-7-17(16)15-24/h1-2,5-9,14H,10-13,15H2,(H2,22,23,25). The number of anilines is 1. The maximum absolute atomic E-state index is 11.8. The number of carbonyl (C=O) groups is 1. The van der Waals surface area contributed by atoms with Crippen molar-refractivity contribution in [3.8, 4) is 11.8 Å². The fraction of sp³-hybridized carbons (Fsp3) is 0.250. The third-order valence-electron chi connectivity index (χ3n) is 4.06. The fourth-order valence-corrected chi connectivity index (χ4v) is 2.98. The second-order valence-electron chi connectivity index (χ2n) is 5.90. The van der Waals surface area contributed by atoms with Crippen LogP contribution in [0.2, 0.25) is 5.02 Å². The average molecular weight is 354 g/mol. The first-order valence-electron chi connectivity index (χ1n) is 8.26. The smallest absolute Gasteiger partial charge is 0.319 e. The van der Waals surface area contributed by atoms with Crippen LogP contribution in [-0.2, 0) is 13.0 Å². The summed E-state index contributed by atoms with van der Waals surface area (Å²) >= 11 is 5.88. The van der Waals surface area contributed by atoms with Gasteiger partial charge >= 0.3 is 6.03 Å². The molecular formula is C20H20ClN3O. The Morgan fingerprint density at radius 3 is 2.80 bits per heavy atom. The number of rotatable bonds is 3. The Labute approximate surface area is 153 Å². The zero-order valence-corrected chi connectivity index (χ0v) is 14.6. The van der Waals surface area contributed by atoms with Gasteiger partial charge in [0, 0.05) is 23.8 Å². The van der Waals surface area contributed by atoms with Gasteiger partial charge in [0.1, 0.15) is 0 Å². The molecule has 1 heterocycles. The Morgan fingerprint density at radius 1 is 1.12 bits per heavy atom. The molecule has 0 spiro atoms. The molecule has 0 atom stereocenters. The van der Waals surface area contributed by atoms with Gasteiger partial charge in [0.2, 0.25) is 0 Å². The predicted molar refractivity (Wildman–Crippen MR) is 102 cm³/mol. The Hall–Kier alpha value is -2.48. The normalized spacial score (nSPS) is 13.3. The molecule has 0 bridgehead atoms. The average Bonchev–Trinajstić information content (AvgIpc) is 2.61. The molecule has 1 aliphatic heterocycles. The van der Waals surface area contributed by atoms with Crippen LogP contribution in [0.3, 0.4) is 0 Å². The topological polar surface area (TPSA) is 44.4 Å². The molecule has 2 aromatic rings. The summed E-state index contributed by atoms with van der Waals surface area (Å²) in [6.45, 7) is 2.99. The van der Waals surface area contributed by atoms with E-state index >= 15 is 0 Å². The summed E-state index contributed by atoms with van der Waals surface area (Å²) in [4.78, 5) is 14.1. The lowest BCUT2D eigenvalue weighted by Gasteiger charge is -2.26. The number of nitrogens with one attached hydrogen (secondary N) is 2. The van der Waals surface area contributed by atoms with E-state index in [0.717, 1.165) is 19.5 Å². The van der Waals surface area contributed by atoms with Gasteiger partial charge in [0.25, 0.3) is 0 Å². The summed E-state index contributed by atoms with van der Waals surface area (Å²) in [5, 5.41) is 6.02. The fourth-order valence-electron chi connectivity index (χ4n) is 2.79. The number of urea groups is 1. The predicted octanol–water partition coefficient (Wildman–Crippen LogP) is 3.52. The SMILES string of the molecule is O=C(NCC#CCN1CCc2ccccc2C1)Nc1cccc(Cl)c1. The van der Waals surface area contributed by atoms with Crippen molar-refractivity contribution in [1.29, 1.82) is 0 Å². The zero-order chi connectivity index (χ0) is 17.5. The molecule has 4 nitrogen and oxygen atoms in total. The van der Waals surface area contributed by atoms with Crippen LogP contribution in [0.25, 0.3) is 0 Å². The summed E-state index contributed by atoms with van der Waals surface area (Å²) in [7, 11) is 0. The first kappa shape index (κ1) is 17.3. The van der Waals surface area contributed by atoms with Crippen molar-refractivity contribution >= 4 is 23.3 Å². The van der Waals surface area contributed by atoms with Gasteiger partial charge in [-0.2, -0.15) is 0 Å². The number of benzene rings is 2. The van der Waals surface area contributed by atoms with E-state index in [2.05, 4.69) is 51.6 Å². The lowest BCUT2D eigenvalue weighted by molar-refractivity contribution is 0.253. The van der Waals surface area contributed by atoms with Crippen molar-refractivity contribution < 1.29 is 4.79 Å². The molecule has 0 unspecified atom stereocenters. The van der Waals surface area contributed by atoms with Crippen molar-refractivity contribution in [3.05, 3.63) is 64.7 Å². The maximum Gasteiger partial charge on any atom is 0.319 e. The van der Waals surface area contributed by atoms with Gasteiger partial charge in [-0.3, -0.25) is 4.90 Å². The highest BCUT2D eigenvalue weighted by molar-refractivity contribution is 6.30. The molecule has 0 saturated heterocycles. The van der Waals surface area contributed by atoms with Gasteiger partial charge in [0.05, 0.1) is 13.1 Å². The number of carbonyl (C=O) groups excluding carboxylic acids is 1. The van der Waals surface area contributed by atoms with Crippen LogP contribution in [0.15, 0.2) is 48.5 Å². The summed E-state index contributed by atoms with van der Waals surface area (Å²) in [5.74, 6) is 6.12. The minimum atomic E-state index is -0.288.